The van der Waals surface area contributed by atoms with Crippen molar-refractivity contribution in [1.82, 2.24) is 0 Å². The maximum atomic E-state index is 10.9. The first-order valence-corrected chi connectivity index (χ1v) is 4.20. The maximum absolute atomic E-state index is 10.9. The molecule has 0 amide bonds. The summed E-state index contributed by atoms with van der Waals surface area (Å²) in [7, 11) is 1.23. The Hall–Kier alpha value is -1.42. The van der Waals surface area contributed by atoms with Gasteiger partial charge in [-0.1, -0.05) is 11.6 Å². The van der Waals surface area contributed by atoms with E-state index < -0.39 is 5.97 Å². The maximum Gasteiger partial charge on any atom is 0.310 e. The highest BCUT2D eigenvalue weighted by Crippen LogP contribution is 2.33. The van der Waals surface area contributed by atoms with Gasteiger partial charge in [-0.15, -0.1) is 0 Å². The van der Waals surface area contributed by atoms with Crippen LogP contribution in [0.3, 0.4) is 0 Å². The summed E-state index contributed by atoms with van der Waals surface area (Å²) < 4.78 is 4.41. The van der Waals surface area contributed by atoms with Crippen LogP contribution in [0.2, 0.25) is 5.02 Å². The van der Waals surface area contributed by atoms with Gasteiger partial charge < -0.3 is 14.9 Å². The smallest absolute Gasteiger partial charge is 0.310 e. The minimum atomic E-state index is -0.534. The highest BCUT2D eigenvalue weighted by Gasteiger charge is 2.14. The number of esters is 1. The van der Waals surface area contributed by atoms with Crippen LogP contribution in [0, 0.1) is 0 Å². The molecule has 0 heterocycles. The molecule has 0 aliphatic heterocycles. The van der Waals surface area contributed by atoms with E-state index in [0.717, 1.165) is 0 Å². The molecule has 0 saturated carbocycles. The predicted octanol–water partition coefficient (Wildman–Crippen LogP) is 1.47. The van der Waals surface area contributed by atoms with Gasteiger partial charge in [-0.05, 0) is 12.1 Å². The lowest BCUT2D eigenvalue weighted by Crippen LogP contribution is -2.05. The Balaban J connectivity index is 3.06. The highest BCUT2D eigenvalue weighted by atomic mass is 35.5. The summed E-state index contributed by atoms with van der Waals surface area (Å²) in [6, 6.07) is 2.51. The van der Waals surface area contributed by atoms with Crippen molar-refractivity contribution in [3.63, 3.8) is 0 Å². The molecule has 0 spiro atoms. The van der Waals surface area contributed by atoms with Crippen LogP contribution < -0.4 is 0 Å². The molecule has 0 atom stereocenters. The molecule has 1 rings (SSSR count). The van der Waals surface area contributed by atoms with E-state index in [4.69, 9.17) is 11.6 Å². The number of phenols is 2. The summed E-state index contributed by atoms with van der Waals surface area (Å²) in [5.41, 5.74) is 0.165. The first-order valence-electron chi connectivity index (χ1n) is 3.82. The number of rotatable bonds is 2. The lowest BCUT2D eigenvalue weighted by molar-refractivity contribution is -0.139. The molecule has 1 aromatic rings. The van der Waals surface area contributed by atoms with Crippen LogP contribution in [0.25, 0.3) is 0 Å². The number of phenolic OH excluding ortho intramolecular Hbond substituents is 2. The Labute approximate surface area is 85.7 Å². The van der Waals surface area contributed by atoms with Gasteiger partial charge in [0.2, 0.25) is 0 Å². The Morgan fingerprint density at radius 2 is 2.00 bits per heavy atom. The van der Waals surface area contributed by atoms with Crippen LogP contribution in [-0.2, 0) is 16.0 Å². The average Bonchev–Trinajstić information content (AvgIpc) is 2.18. The van der Waals surface area contributed by atoms with Gasteiger partial charge in [0.1, 0.15) is 11.5 Å². The van der Waals surface area contributed by atoms with Crippen molar-refractivity contribution in [3.05, 3.63) is 22.7 Å². The zero-order valence-electron chi connectivity index (χ0n) is 7.45. The number of benzene rings is 1. The molecule has 0 aromatic heterocycles. The summed E-state index contributed by atoms with van der Waals surface area (Å²) in [5.74, 6) is -0.852. The third-order valence-electron chi connectivity index (χ3n) is 1.75. The summed E-state index contributed by atoms with van der Waals surface area (Å²) in [4.78, 5) is 10.9. The van der Waals surface area contributed by atoms with Crippen molar-refractivity contribution < 1.29 is 19.7 Å². The topological polar surface area (TPSA) is 66.8 Å². The van der Waals surface area contributed by atoms with Crippen molar-refractivity contribution >= 4 is 17.6 Å². The lowest BCUT2D eigenvalue weighted by Gasteiger charge is -2.06. The van der Waals surface area contributed by atoms with Gasteiger partial charge in [0.15, 0.2) is 0 Å². The van der Waals surface area contributed by atoms with E-state index in [9.17, 15) is 15.0 Å². The number of aromatic hydroxyl groups is 2. The van der Waals surface area contributed by atoms with Gasteiger partial charge in [0.25, 0.3) is 0 Å². The third-order valence-corrected chi connectivity index (χ3v) is 2.17. The van der Waals surface area contributed by atoms with E-state index in [1.165, 1.54) is 19.2 Å². The number of hydrogen-bond donors (Lipinski definition) is 2. The molecule has 1 aromatic carbocycles. The molecular formula is C9H9ClO4. The van der Waals surface area contributed by atoms with Gasteiger partial charge in [0, 0.05) is 5.56 Å². The fourth-order valence-electron chi connectivity index (χ4n) is 0.983. The van der Waals surface area contributed by atoms with Gasteiger partial charge in [-0.25, -0.2) is 0 Å². The molecule has 0 radical (unpaired) electrons. The first kappa shape index (κ1) is 10.7. The highest BCUT2D eigenvalue weighted by molar-refractivity contribution is 6.33. The third kappa shape index (κ3) is 2.09. The number of ether oxygens (including phenoxy) is 1. The van der Waals surface area contributed by atoms with Gasteiger partial charge in [0.05, 0.1) is 18.6 Å². The number of hydrogen-bond acceptors (Lipinski definition) is 4. The van der Waals surface area contributed by atoms with Crippen molar-refractivity contribution in [3.8, 4) is 11.5 Å². The second-order valence-corrected chi connectivity index (χ2v) is 3.03. The molecule has 0 unspecified atom stereocenters. The van der Waals surface area contributed by atoms with Crippen LogP contribution in [0.4, 0.5) is 0 Å². The van der Waals surface area contributed by atoms with Crippen LogP contribution in [0.15, 0.2) is 12.1 Å². The number of halogens is 1. The molecule has 0 aliphatic carbocycles. The van der Waals surface area contributed by atoms with Crippen molar-refractivity contribution in [2.24, 2.45) is 0 Å². The zero-order valence-corrected chi connectivity index (χ0v) is 8.21. The molecule has 14 heavy (non-hydrogen) atoms. The van der Waals surface area contributed by atoms with E-state index in [2.05, 4.69) is 4.74 Å². The van der Waals surface area contributed by atoms with E-state index in [1.807, 2.05) is 0 Å². The largest absolute Gasteiger partial charge is 0.508 e. The molecule has 0 aliphatic rings. The molecule has 0 saturated heterocycles. The Morgan fingerprint density at radius 1 is 1.43 bits per heavy atom. The molecule has 2 N–H and O–H groups in total. The lowest BCUT2D eigenvalue weighted by atomic mass is 10.1. The fraction of sp³-hybridized carbons (Fsp3) is 0.222. The average molecular weight is 217 g/mol. The van der Waals surface area contributed by atoms with Gasteiger partial charge >= 0.3 is 5.97 Å². The summed E-state index contributed by atoms with van der Waals surface area (Å²) in [5, 5.41) is 18.5. The molecule has 5 heteroatoms. The van der Waals surface area contributed by atoms with Crippen LogP contribution >= 0.6 is 11.6 Å². The van der Waals surface area contributed by atoms with Crippen LogP contribution in [-0.4, -0.2) is 23.3 Å². The molecule has 76 valence electrons. The van der Waals surface area contributed by atoms with Crippen molar-refractivity contribution in [2.45, 2.75) is 6.42 Å². The summed E-state index contributed by atoms with van der Waals surface area (Å²) in [6.07, 6.45) is -0.171. The molecule has 0 bridgehead atoms. The van der Waals surface area contributed by atoms with Crippen molar-refractivity contribution in [2.75, 3.05) is 7.11 Å². The minimum absolute atomic E-state index is 0.0320. The molecule has 4 nitrogen and oxygen atoms in total. The fourth-order valence-corrected chi connectivity index (χ4v) is 1.21. The number of carbonyl (C=O) groups excluding carboxylic acids is 1. The Kier molecular flexibility index (Phi) is 3.19. The Bertz CT molecular complexity index is 362. The molecule has 0 fully saturated rings. The second kappa shape index (κ2) is 4.19. The summed E-state index contributed by atoms with van der Waals surface area (Å²) >= 11 is 5.68. The minimum Gasteiger partial charge on any atom is -0.508 e. The Morgan fingerprint density at radius 3 is 2.57 bits per heavy atom. The SMILES string of the molecule is COC(=O)Cc1c(O)ccc(O)c1Cl. The van der Waals surface area contributed by atoms with Crippen LogP contribution in [0.1, 0.15) is 5.56 Å². The zero-order chi connectivity index (χ0) is 10.7. The van der Waals surface area contributed by atoms with E-state index >= 15 is 0 Å². The number of methoxy groups -OCH3 is 1. The number of carbonyl (C=O) groups is 1. The summed E-state index contributed by atoms with van der Waals surface area (Å²) in [6.45, 7) is 0. The van der Waals surface area contributed by atoms with E-state index in [-0.39, 0.29) is 28.5 Å². The second-order valence-electron chi connectivity index (χ2n) is 2.65. The standard InChI is InChI=1S/C9H9ClO4/c1-14-8(13)4-5-6(11)2-3-7(12)9(5)10/h2-3,11-12H,4H2,1H3. The van der Waals surface area contributed by atoms with E-state index in [0.29, 0.717) is 0 Å². The van der Waals surface area contributed by atoms with Crippen molar-refractivity contribution in [1.29, 1.82) is 0 Å². The van der Waals surface area contributed by atoms with Crippen LogP contribution in [0.5, 0.6) is 11.5 Å². The van der Waals surface area contributed by atoms with E-state index in [1.54, 1.807) is 0 Å². The monoisotopic (exact) mass is 216 g/mol. The normalized spacial score (nSPS) is 9.86. The molecular weight excluding hydrogens is 208 g/mol. The first-order chi connectivity index (χ1) is 6.56. The predicted molar refractivity (Wildman–Crippen MR) is 50.5 cm³/mol. The quantitative estimate of drug-likeness (QED) is 0.580. The van der Waals surface area contributed by atoms with Gasteiger partial charge in [-0.2, -0.15) is 0 Å². The van der Waals surface area contributed by atoms with Gasteiger partial charge in [-0.3, -0.25) is 4.79 Å².